The van der Waals surface area contributed by atoms with E-state index in [1.54, 1.807) is 0 Å². The second kappa shape index (κ2) is 10.4. The van der Waals surface area contributed by atoms with Gasteiger partial charge in [-0.1, -0.05) is 48.0 Å². The molecule has 33 heavy (non-hydrogen) atoms. The first-order valence-corrected chi connectivity index (χ1v) is 11.6. The second-order valence-corrected chi connectivity index (χ2v) is 8.87. The van der Waals surface area contributed by atoms with Crippen molar-refractivity contribution in [1.82, 2.24) is 20.2 Å². The minimum absolute atomic E-state index is 0.180. The van der Waals surface area contributed by atoms with E-state index in [-0.39, 0.29) is 12.5 Å². The highest BCUT2D eigenvalue weighted by Gasteiger charge is 2.22. The number of nitrogens with one attached hydrogen (secondary N) is 2. The maximum Gasteiger partial charge on any atom is 0.271 e. The van der Waals surface area contributed by atoms with E-state index in [9.17, 15) is 9.90 Å². The lowest BCUT2D eigenvalue weighted by Gasteiger charge is -2.37. The van der Waals surface area contributed by atoms with Crippen molar-refractivity contribution in [3.8, 4) is 11.4 Å². The topological polar surface area (TPSA) is 84.5 Å². The Balaban J connectivity index is 1.25. The van der Waals surface area contributed by atoms with Crippen molar-refractivity contribution in [2.24, 2.45) is 0 Å². The van der Waals surface area contributed by atoms with Crippen LogP contribution in [0.3, 0.4) is 0 Å². The first-order chi connectivity index (χ1) is 15.9. The Morgan fingerprint density at radius 3 is 2.58 bits per heavy atom. The number of amides is 1. The number of β-amino-alcohol motifs (C(OH)–C–C–N with tert-alkyl or cyclic N) is 1. The van der Waals surface area contributed by atoms with Crippen molar-refractivity contribution in [2.75, 3.05) is 44.2 Å². The van der Waals surface area contributed by atoms with Crippen molar-refractivity contribution >= 4 is 23.2 Å². The summed E-state index contributed by atoms with van der Waals surface area (Å²) in [5.41, 5.74) is 4.24. The van der Waals surface area contributed by atoms with Gasteiger partial charge in [0.1, 0.15) is 11.5 Å². The third-order valence-electron chi connectivity index (χ3n) is 6.07. The van der Waals surface area contributed by atoms with Crippen LogP contribution in [0.5, 0.6) is 0 Å². The summed E-state index contributed by atoms with van der Waals surface area (Å²) in [7, 11) is 0. The van der Waals surface area contributed by atoms with Gasteiger partial charge in [-0.15, -0.1) is 0 Å². The summed E-state index contributed by atoms with van der Waals surface area (Å²) in [6, 6.07) is 15.7. The molecule has 0 saturated carbocycles. The molecule has 2 aromatic carbocycles. The highest BCUT2D eigenvalue weighted by atomic mass is 35.5. The molecule has 1 atom stereocenters. The fourth-order valence-corrected chi connectivity index (χ4v) is 4.35. The van der Waals surface area contributed by atoms with Crippen LogP contribution < -0.4 is 10.2 Å². The van der Waals surface area contributed by atoms with E-state index in [0.29, 0.717) is 23.8 Å². The number of anilines is 1. The lowest BCUT2D eigenvalue weighted by atomic mass is 10.1. The van der Waals surface area contributed by atoms with Crippen LogP contribution in [0, 0.1) is 13.8 Å². The van der Waals surface area contributed by atoms with Gasteiger partial charge in [-0.05, 0) is 31.5 Å². The molecule has 174 valence electrons. The maximum atomic E-state index is 12.6. The number of piperazine rings is 1. The summed E-state index contributed by atoms with van der Waals surface area (Å²) in [5, 5.41) is 14.1. The molecule has 0 spiro atoms. The average Bonchev–Trinajstić information content (AvgIpc) is 3.22. The number of rotatable bonds is 7. The normalized spacial score (nSPS) is 15.5. The zero-order valence-electron chi connectivity index (χ0n) is 19.0. The number of halogens is 1. The number of carbonyl (C=O) groups is 1. The van der Waals surface area contributed by atoms with Crippen molar-refractivity contribution < 1.29 is 9.90 Å². The number of aromatic nitrogens is 2. The van der Waals surface area contributed by atoms with Crippen LogP contribution >= 0.6 is 11.6 Å². The molecule has 1 aromatic heterocycles. The first kappa shape index (κ1) is 23.3. The molecule has 4 rings (SSSR count). The predicted molar refractivity (Wildman–Crippen MR) is 132 cm³/mol. The van der Waals surface area contributed by atoms with Gasteiger partial charge in [0.25, 0.3) is 5.91 Å². The summed E-state index contributed by atoms with van der Waals surface area (Å²) in [6.07, 6.45) is -0.652. The molecule has 2 heterocycles. The molecular formula is C25H30ClN5O2. The van der Waals surface area contributed by atoms with Crippen molar-refractivity contribution in [3.05, 3.63) is 70.5 Å². The van der Waals surface area contributed by atoms with E-state index in [1.807, 2.05) is 56.3 Å². The third-order valence-corrected chi connectivity index (χ3v) is 6.48. The lowest BCUT2D eigenvalue weighted by Crippen LogP contribution is -2.50. The van der Waals surface area contributed by atoms with Crippen molar-refractivity contribution in [3.63, 3.8) is 0 Å². The smallest absolute Gasteiger partial charge is 0.271 e. The number of benzene rings is 2. The number of imidazole rings is 1. The minimum Gasteiger partial charge on any atom is -0.390 e. The molecule has 3 aromatic rings. The van der Waals surface area contributed by atoms with Gasteiger partial charge in [-0.25, -0.2) is 4.98 Å². The van der Waals surface area contributed by atoms with Crippen molar-refractivity contribution in [2.45, 2.75) is 20.0 Å². The number of hydrogen-bond acceptors (Lipinski definition) is 5. The van der Waals surface area contributed by atoms with E-state index < -0.39 is 6.10 Å². The minimum atomic E-state index is -0.652. The van der Waals surface area contributed by atoms with Crippen LogP contribution in [-0.2, 0) is 0 Å². The van der Waals surface area contributed by atoms with E-state index in [4.69, 9.17) is 11.6 Å². The van der Waals surface area contributed by atoms with Gasteiger partial charge >= 0.3 is 0 Å². The molecule has 1 aliphatic rings. The zero-order valence-corrected chi connectivity index (χ0v) is 19.8. The Morgan fingerprint density at radius 2 is 1.85 bits per heavy atom. The Hall–Kier alpha value is -2.87. The quantitative estimate of drug-likeness (QED) is 0.496. The van der Waals surface area contributed by atoms with E-state index in [2.05, 4.69) is 31.2 Å². The maximum absolute atomic E-state index is 12.6. The summed E-state index contributed by atoms with van der Waals surface area (Å²) in [4.78, 5) is 24.8. The molecule has 1 aliphatic heterocycles. The van der Waals surface area contributed by atoms with Gasteiger partial charge in [0.2, 0.25) is 0 Å². The molecule has 0 bridgehead atoms. The van der Waals surface area contributed by atoms with Crippen LogP contribution in [0.1, 0.15) is 21.7 Å². The molecule has 1 amide bonds. The van der Waals surface area contributed by atoms with Crippen LogP contribution in [0.2, 0.25) is 5.02 Å². The fourth-order valence-electron chi connectivity index (χ4n) is 4.18. The molecular weight excluding hydrogens is 438 g/mol. The Morgan fingerprint density at radius 1 is 1.12 bits per heavy atom. The summed E-state index contributed by atoms with van der Waals surface area (Å²) in [5.74, 6) is 0.373. The molecule has 3 N–H and O–H groups in total. The van der Waals surface area contributed by atoms with Gasteiger partial charge in [0.15, 0.2) is 0 Å². The van der Waals surface area contributed by atoms with Gasteiger partial charge in [0, 0.05) is 61.2 Å². The number of aliphatic hydroxyl groups is 1. The number of aliphatic hydroxyl groups excluding tert-OH is 1. The first-order valence-electron chi connectivity index (χ1n) is 11.2. The van der Waals surface area contributed by atoms with Gasteiger partial charge in [-0.3, -0.25) is 9.69 Å². The number of carbonyl (C=O) groups excluding carboxylic acids is 1. The number of nitrogens with zero attached hydrogens (tertiary/aromatic N) is 3. The molecule has 1 fully saturated rings. The Bertz CT molecular complexity index is 1090. The van der Waals surface area contributed by atoms with E-state index in [0.717, 1.165) is 42.3 Å². The Labute approximate surface area is 199 Å². The van der Waals surface area contributed by atoms with Crippen LogP contribution in [0.4, 0.5) is 5.69 Å². The van der Waals surface area contributed by atoms with Crippen LogP contribution in [0.15, 0.2) is 48.5 Å². The average molecular weight is 468 g/mol. The number of H-pyrrole nitrogens is 1. The van der Waals surface area contributed by atoms with E-state index in [1.165, 1.54) is 5.69 Å². The largest absolute Gasteiger partial charge is 0.390 e. The molecule has 8 heteroatoms. The second-order valence-electron chi connectivity index (χ2n) is 8.46. The monoisotopic (exact) mass is 467 g/mol. The number of hydrogen-bond donors (Lipinski definition) is 3. The standard InChI is InChI=1S/C25H30ClN5O2/c1-17-21(26)9-6-10-22(17)31-13-11-30(12-14-31)16-20(32)15-27-25(33)23-18(2)28-24(29-23)19-7-4-3-5-8-19/h3-10,20,32H,11-16H2,1-2H3,(H,27,33)(H,28,29). The molecule has 7 nitrogen and oxygen atoms in total. The molecule has 0 radical (unpaired) electrons. The molecule has 0 aliphatic carbocycles. The highest BCUT2D eigenvalue weighted by molar-refractivity contribution is 6.31. The number of aryl methyl sites for hydroxylation is 1. The molecule has 1 unspecified atom stereocenters. The zero-order chi connectivity index (χ0) is 23.4. The van der Waals surface area contributed by atoms with Gasteiger partial charge in [-0.2, -0.15) is 0 Å². The lowest BCUT2D eigenvalue weighted by molar-refractivity contribution is 0.0847. The van der Waals surface area contributed by atoms with Gasteiger partial charge in [0.05, 0.1) is 6.10 Å². The van der Waals surface area contributed by atoms with Gasteiger partial charge < -0.3 is 20.3 Å². The molecule has 1 saturated heterocycles. The van der Waals surface area contributed by atoms with E-state index >= 15 is 0 Å². The summed E-state index contributed by atoms with van der Waals surface area (Å²) >= 11 is 6.27. The highest BCUT2D eigenvalue weighted by Crippen LogP contribution is 2.27. The number of aromatic amines is 1. The summed E-state index contributed by atoms with van der Waals surface area (Å²) in [6.45, 7) is 7.98. The summed E-state index contributed by atoms with van der Waals surface area (Å²) < 4.78 is 0. The third kappa shape index (κ3) is 5.55. The Kier molecular flexibility index (Phi) is 7.33. The van der Waals surface area contributed by atoms with Crippen LogP contribution in [-0.4, -0.2) is 71.3 Å². The fraction of sp³-hybridized carbons (Fsp3) is 0.360. The van der Waals surface area contributed by atoms with Crippen LogP contribution in [0.25, 0.3) is 11.4 Å². The predicted octanol–water partition coefficient (Wildman–Crippen LogP) is 3.26. The SMILES string of the molecule is Cc1[nH]c(-c2ccccc2)nc1C(=O)NCC(O)CN1CCN(c2cccc(Cl)c2C)CC1. The van der Waals surface area contributed by atoms with Crippen molar-refractivity contribution in [1.29, 1.82) is 0 Å².